The van der Waals surface area contributed by atoms with Crippen LogP contribution in [-0.4, -0.2) is 25.7 Å². The number of nitrogens with one attached hydrogen (secondary N) is 2. The lowest BCUT2D eigenvalue weighted by Crippen LogP contribution is -2.15. The topological polar surface area (TPSA) is 84.7 Å². The Kier molecular flexibility index (Phi) is 7.71. The number of carbonyl (C=O) groups excluding carboxylic acids is 1. The van der Waals surface area contributed by atoms with Crippen LogP contribution in [-0.2, 0) is 12.7 Å². The zero-order chi connectivity index (χ0) is 27.2. The predicted octanol–water partition coefficient (Wildman–Crippen LogP) is 6.40. The number of aromatic nitrogens is 4. The standard InChI is InChI=1S/C28H21F3N6OS/c29-28(30,31)25-15-24(21-9-5-13-32-17-21)36-37(25)22-11-12-26(33-18-22)35-27(38)20-8-4-10-23(14-20)39-34-16-19-6-2-1-3-7-19/h1-15,17-18,34H,16H2,(H,33,35,38). The fourth-order valence-corrected chi connectivity index (χ4v) is 4.45. The Hall–Kier alpha value is -4.48. The van der Waals surface area contributed by atoms with Crippen LogP contribution in [0.25, 0.3) is 16.9 Å². The van der Waals surface area contributed by atoms with Gasteiger partial charge in [0.2, 0.25) is 0 Å². The molecule has 2 aromatic carbocycles. The van der Waals surface area contributed by atoms with Crippen molar-refractivity contribution in [2.75, 3.05) is 5.32 Å². The third-order valence-electron chi connectivity index (χ3n) is 5.60. The Bertz CT molecular complexity index is 1560. The molecular formula is C28H21F3N6OS. The van der Waals surface area contributed by atoms with Crippen molar-refractivity contribution in [3.63, 3.8) is 0 Å². The highest BCUT2D eigenvalue weighted by Gasteiger charge is 2.36. The molecule has 0 radical (unpaired) electrons. The maximum absolute atomic E-state index is 13.7. The monoisotopic (exact) mass is 546 g/mol. The summed E-state index contributed by atoms with van der Waals surface area (Å²) in [4.78, 5) is 21.7. The second kappa shape index (κ2) is 11.5. The Balaban J connectivity index is 1.27. The third-order valence-corrected chi connectivity index (χ3v) is 6.37. The van der Waals surface area contributed by atoms with Crippen molar-refractivity contribution < 1.29 is 18.0 Å². The number of pyridine rings is 2. The average Bonchev–Trinajstić information content (AvgIpc) is 3.41. The van der Waals surface area contributed by atoms with E-state index in [0.29, 0.717) is 17.7 Å². The summed E-state index contributed by atoms with van der Waals surface area (Å²) in [5.41, 5.74) is 1.28. The molecule has 0 bridgehead atoms. The van der Waals surface area contributed by atoms with Gasteiger partial charge in [0.15, 0.2) is 0 Å². The normalized spacial score (nSPS) is 11.4. The van der Waals surface area contributed by atoms with E-state index in [1.165, 1.54) is 42.7 Å². The van der Waals surface area contributed by atoms with Gasteiger partial charge in [0, 0.05) is 35.0 Å². The van der Waals surface area contributed by atoms with Gasteiger partial charge >= 0.3 is 6.18 Å². The highest BCUT2D eigenvalue weighted by atomic mass is 32.2. The van der Waals surface area contributed by atoms with Crippen LogP contribution in [0.15, 0.2) is 108 Å². The van der Waals surface area contributed by atoms with Crippen molar-refractivity contribution in [1.29, 1.82) is 0 Å². The second-order valence-corrected chi connectivity index (χ2v) is 9.32. The van der Waals surface area contributed by atoms with Gasteiger partial charge < -0.3 is 5.32 Å². The van der Waals surface area contributed by atoms with E-state index in [1.807, 2.05) is 36.4 Å². The lowest BCUT2D eigenvalue weighted by molar-refractivity contribution is -0.142. The molecule has 5 aromatic rings. The van der Waals surface area contributed by atoms with E-state index in [0.717, 1.165) is 21.2 Å². The molecule has 0 atom stereocenters. The van der Waals surface area contributed by atoms with Crippen LogP contribution >= 0.6 is 11.9 Å². The summed E-state index contributed by atoms with van der Waals surface area (Å²) in [6.45, 7) is 0.661. The molecule has 0 unspecified atom stereocenters. The number of hydrogen-bond acceptors (Lipinski definition) is 6. The van der Waals surface area contributed by atoms with Gasteiger partial charge in [-0.2, -0.15) is 18.3 Å². The molecule has 0 aliphatic carbocycles. The molecule has 39 heavy (non-hydrogen) atoms. The molecule has 1 amide bonds. The van der Waals surface area contributed by atoms with Crippen molar-refractivity contribution in [2.24, 2.45) is 0 Å². The van der Waals surface area contributed by atoms with Crippen molar-refractivity contribution in [3.8, 4) is 16.9 Å². The van der Waals surface area contributed by atoms with E-state index in [4.69, 9.17) is 0 Å². The molecule has 11 heteroatoms. The first-order chi connectivity index (χ1) is 18.9. The molecule has 0 saturated heterocycles. The van der Waals surface area contributed by atoms with Gasteiger partial charge in [-0.15, -0.1) is 0 Å². The highest BCUT2D eigenvalue weighted by Crippen LogP contribution is 2.34. The van der Waals surface area contributed by atoms with Crippen LogP contribution in [0.2, 0.25) is 0 Å². The number of benzene rings is 2. The molecule has 7 nitrogen and oxygen atoms in total. The van der Waals surface area contributed by atoms with Crippen molar-refractivity contribution >= 4 is 23.7 Å². The van der Waals surface area contributed by atoms with Crippen LogP contribution in [0.1, 0.15) is 21.6 Å². The molecule has 0 aliphatic heterocycles. The van der Waals surface area contributed by atoms with Gasteiger partial charge in [-0.1, -0.05) is 36.4 Å². The summed E-state index contributed by atoms with van der Waals surface area (Å²) in [6.07, 6.45) is -0.444. The van der Waals surface area contributed by atoms with Crippen LogP contribution in [0.3, 0.4) is 0 Å². The molecule has 0 fully saturated rings. The van der Waals surface area contributed by atoms with Crippen molar-refractivity contribution in [3.05, 3.63) is 120 Å². The van der Waals surface area contributed by atoms with Gasteiger partial charge in [-0.05, 0) is 66.0 Å². The number of alkyl halides is 3. The third kappa shape index (κ3) is 6.51. The smallest absolute Gasteiger partial charge is 0.307 e. The Morgan fingerprint density at radius 1 is 0.923 bits per heavy atom. The molecule has 0 aliphatic rings. The van der Waals surface area contributed by atoms with Crippen molar-refractivity contribution in [1.82, 2.24) is 24.5 Å². The van der Waals surface area contributed by atoms with Crippen LogP contribution in [0, 0.1) is 0 Å². The molecule has 0 saturated carbocycles. The molecule has 3 heterocycles. The Labute approximate surface area is 226 Å². The van der Waals surface area contributed by atoms with Crippen molar-refractivity contribution in [2.45, 2.75) is 17.6 Å². The summed E-state index contributed by atoms with van der Waals surface area (Å²) < 4.78 is 45.3. The van der Waals surface area contributed by atoms with E-state index in [-0.39, 0.29) is 17.2 Å². The van der Waals surface area contributed by atoms with Crippen LogP contribution in [0.5, 0.6) is 0 Å². The molecular weight excluding hydrogens is 525 g/mol. The molecule has 2 N–H and O–H groups in total. The van der Waals surface area contributed by atoms with E-state index in [9.17, 15) is 18.0 Å². The molecule has 3 aromatic heterocycles. The largest absolute Gasteiger partial charge is 0.433 e. The summed E-state index contributed by atoms with van der Waals surface area (Å²) in [5, 5.41) is 6.81. The number of rotatable bonds is 8. The highest BCUT2D eigenvalue weighted by molar-refractivity contribution is 7.97. The molecule has 0 spiro atoms. The summed E-state index contributed by atoms with van der Waals surface area (Å²) in [7, 11) is 0. The first-order valence-electron chi connectivity index (χ1n) is 11.8. The number of halogens is 3. The summed E-state index contributed by atoms with van der Waals surface area (Å²) in [6, 6.07) is 24.1. The fraction of sp³-hybridized carbons (Fsp3) is 0.0714. The summed E-state index contributed by atoms with van der Waals surface area (Å²) in [5.74, 6) is -0.202. The van der Waals surface area contributed by atoms with E-state index >= 15 is 0 Å². The first-order valence-corrected chi connectivity index (χ1v) is 12.6. The van der Waals surface area contributed by atoms with Gasteiger partial charge in [-0.25, -0.2) is 9.67 Å². The maximum atomic E-state index is 13.7. The van der Waals surface area contributed by atoms with Gasteiger partial charge in [0.1, 0.15) is 11.5 Å². The van der Waals surface area contributed by atoms with Gasteiger partial charge in [0.05, 0.1) is 17.6 Å². The van der Waals surface area contributed by atoms with Gasteiger partial charge in [0.25, 0.3) is 5.91 Å². The number of carbonyl (C=O) groups is 1. The van der Waals surface area contributed by atoms with E-state index in [2.05, 4.69) is 25.1 Å². The van der Waals surface area contributed by atoms with E-state index in [1.54, 1.807) is 30.3 Å². The predicted molar refractivity (Wildman–Crippen MR) is 143 cm³/mol. The minimum absolute atomic E-state index is 0.0957. The zero-order valence-electron chi connectivity index (χ0n) is 20.3. The van der Waals surface area contributed by atoms with Crippen LogP contribution < -0.4 is 10.0 Å². The first kappa shape index (κ1) is 26.1. The minimum Gasteiger partial charge on any atom is -0.307 e. The number of anilines is 1. The zero-order valence-corrected chi connectivity index (χ0v) is 21.1. The molecule has 196 valence electrons. The second-order valence-electron chi connectivity index (χ2n) is 8.36. The lowest BCUT2D eigenvalue weighted by Gasteiger charge is -2.11. The van der Waals surface area contributed by atoms with Crippen LogP contribution in [0.4, 0.5) is 19.0 Å². The maximum Gasteiger partial charge on any atom is 0.433 e. The molecule has 5 rings (SSSR count). The quantitative estimate of drug-likeness (QED) is 0.219. The SMILES string of the molecule is O=C(Nc1ccc(-n2nc(-c3cccnc3)cc2C(F)(F)F)cn1)c1cccc(SNCc2ccccc2)c1. The fourth-order valence-electron chi connectivity index (χ4n) is 3.71. The van der Waals surface area contributed by atoms with Gasteiger partial charge in [-0.3, -0.25) is 14.5 Å². The number of nitrogens with zero attached hydrogens (tertiary/aromatic N) is 4. The average molecular weight is 547 g/mol. The van der Waals surface area contributed by atoms with E-state index < -0.39 is 17.8 Å². The number of amides is 1. The lowest BCUT2D eigenvalue weighted by atomic mass is 10.2. The minimum atomic E-state index is -4.64. The Morgan fingerprint density at radius 3 is 2.49 bits per heavy atom. The Morgan fingerprint density at radius 2 is 1.77 bits per heavy atom. The summed E-state index contributed by atoms with van der Waals surface area (Å²) >= 11 is 1.41. The number of hydrogen-bond donors (Lipinski definition) is 2.